The standard InChI is InChI=1S/C14H14N6/c1-19-9-11(8-17-19)4-5-20-13-6-10(7-15)2-3-12(13)18-14(20)16/h2-3,6,8-9H,4-5H2,1H3,(H2,16,18). The first-order chi connectivity index (χ1) is 9.67. The van der Waals surface area contributed by atoms with E-state index in [9.17, 15) is 0 Å². The van der Waals surface area contributed by atoms with E-state index in [2.05, 4.69) is 16.2 Å². The Morgan fingerprint density at radius 3 is 2.95 bits per heavy atom. The highest BCUT2D eigenvalue weighted by Gasteiger charge is 2.09. The summed E-state index contributed by atoms with van der Waals surface area (Å²) >= 11 is 0. The van der Waals surface area contributed by atoms with Crippen molar-refractivity contribution in [1.29, 1.82) is 5.26 Å². The quantitative estimate of drug-likeness (QED) is 0.777. The van der Waals surface area contributed by atoms with Gasteiger partial charge in [0.05, 0.1) is 28.9 Å². The molecule has 0 atom stereocenters. The molecular weight excluding hydrogens is 252 g/mol. The van der Waals surface area contributed by atoms with Gasteiger partial charge in [0.15, 0.2) is 0 Å². The van der Waals surface area contributed by atoms with Crippen molar-refractivity contribution in [3.05, 3.63) is 41.7 Å². The lowest BCUT2D eigenvalue weighted by Gasteiger charge is -2.05. The second kappa shape index (κ2) is 4.70. The van der Waals surface area contributed by atoms with Gasteiger partial charge in [-0.1, -0.05) is 0 Å². The number of nitrogen functional groups attached to an aromatic ring is 1. The van der Waals surface area contributed by atoms with Crippen molar-refractivity contribution in [2.24, 2.45) is 7.05 Å². The number of aromatic nitrogens is 4. The van der Waals surface area contributed by atoms with Gasteiger partial charge in [-0.25, -0.2) is 4.98 Å². The molecule has 6 nitrogen and oxygen atoms in total. The number of imidazole rings is 1. The number of hydrogen-bond acceptors (Lipinski definition) is 4. The van der Waals surface area contributed by atoms with E-state index in [1.54, 1.807) is 10.7 Å². The van der Waals surface area contributed by atoms with Gasteiger partial charge in [-0.05, 0) is 30.2 Å². The second-order valence-electron chi connectivity index (χ2n) is 4.71. The summed E-state index contributed by atoms with van der Waals surface area (Å²) < 4.78 is 3.71. The molecule has 2 aromatic heterocycles. The van der Waals surface area contributed by atoms with Gasteiger partial charge in [0, 0.05) is 19.8 Å². The molecule has 0 radical (unpaired) electrons. The molecule has 0 amide bonds. The van der Waals surface area contributed by atoms with Crippen molar-refractivity contribution in [2.45, 2.75) is 13.0 Å². The van der Waals surface area contributed by atoms with Crippen molar-refractivity contribution in [1.82, 2.24) is 19.3 Å². The molecule has 6 heteroatoms. The second-order valence-corrected chi connectivity index (χ2v) is 4.71. The molecular formula is C14H14N6. The monoisotopic (exact) mass is 266 g/mol. The maximum atomic E-state index is 8.98. The van der Waals surface area contributed by atoms with Gasteiger partial charge >= 0.3 is 0 Å². The van der Waals surface area contributed by atoms with Crippen LogP contribution in [0.4, 0.5) is 5.95 Å². The summed E-state index contributed by atoms with van der Waals surface area (Å²) in [5, 5.41) is 13.1. The van der Waals surface area contributed by atoms with E-state index in [0.29, 0.717) is 18.1 Å². The predicted octanol–water partition coefficient (Wildman–Crippen LogP) is 1.47. The van der Waals surface area contributed by atoms with Crippen LogP contribution in [0.1, 0.15) is 11.1 Å². The zero-order valence-electron chi connectivity index (χ0n) is 11.1. The van der Waals surface area contributed by atoms with Crippen molar-refractivity contribution in [2.75, 3.05) is 5.73 Å². The largest absolute Gasteiger partial charge is 0.369 e. The molecule has 0 saturated heterocycles. The van der Waals surface area contributed by atoms with E-state index < -0.39 is 0 Å². The van der Waals surface area contributed by atoms with Crippen LogP contribution in [-0.2, 0) is 20.0 Å². The average molecular weight is 266 g/mol. The van der Waals surface area contributed by atoms with Crippen LogP contribution < -0.4 is 5.73 Å². The number of aryl methyl sites for hydroxylation is 3. The molecule has 3 aromatic rings. The van der Waals surface area contributed by atoms with Gasteiger partial charge in [0.1, 0.15) is 0 Å². The third-order valence-electron chi connectivity index (χ3n) is 3.29. The Hall–Kier alpha value is -2.81. The molecule has 100 valence electrons. The smallest absolute Gasteiger partial charge is 0.201 e. The number of anilines is 1. The summed E-state index contributed by atoms with van der Waals surface area (Å²) in [5.41, 5.74) is 9.42. The number of hydrogen-bond donors (Lipinski definition) is 1. The highest BCUT2D eigenvalue weighted by atomic mass is 15.2. The van der Waals surface area contributed by atoms with Crippen LogP contribution >= 0.6 is 0 Å². The van der Waals surface area contributed by atoms with Crippen LogP contribution in [0, 0.1) is 11.3 Å². The number of nitrogens with two attached hydrogens (primary N) is 1. The van der Waals surface area contributed by atoms with Gasteiger partial charge < -0.3 is 10.3 Å². The minimum absolute atomic E-state index is 0.471. The summed E-state index contributed by atoms with van der Waals surface area (Å²) in [4.78, 5) is 4.32. The molecule has 2 N–H and O–H groups in total. The van der Waals surface area contributed by atoms with E-state index in [1.165, 1.54) is 0 Å². The molecule has 0 bridgehead atoms. The molecule has 3 rings (SSSR count). The Morgan fingerprint density at radius 2 is 2.25 bits per heavy atom. The van der Waals surface area contributed by atoms with Crippen molar-refractivity contribution >= 4 is 17.0 Å². The zero-order valence-corrected chi connectivity index (χ0v) is 11.1. The maximum absolute atomic E-state index is 8.98. The zero-order chi connectivity index (χ0) is 14.1. The van der Waals surface area contributed by atoms with Gasteiger partial charge in [0.2, 0.25) is 5.95 Å². The fourth-order valence-corrected chi connectivity index (χ4v) is 2.29. The third-order valence-corrected chi connectivity index (χ3v) is 3.29. The van der Waals surface area contributed by atoms with Crippen molar-refractivity contribution in [3.8, 4) is 6.07 Å². The minimum Gasteiger partial charge on any atom is -0.369 e. The third kappa shape index (κ3) is 2.10. The fourth-order valence-electron chi connectivity index (χ4n) is 2.29. The molecule has 0 spiro atoms. The van der Waals surface area contributed by atoms with Crippen LogP contribution in [0.3, 0.4) is 0 Å². The van der Waals surface area contributed by atoms with Gasteiger partial charge in [-0.15, -0.1) is 0 Å². The molecule has 0 unspecified atom stereocenters. The minimum atomic E-state index is 0.471. The van der Waals surface area contributed by atoms with Gasteiger partial charge in [0.25, 0.3) is 0 Å². The van der Waals surface area contributed by atoms with Crippen LogP contribution in [0.5, 0.6) is 0 Å². The number of benzene rings is 1. The number of nitrogens with zero attached hydrogens (tertiary/aromatic N) is 5. The molecule has 20 heavy (non-hydrogen) atoms. The van der Waals surface area contributed by atoms with Gasteiger partial charge in [-0.2, -0.15) is 10.4 Å². The lowest BCUT2D eigenvalue weighted by atomic mass is 10.2. The van der Waals surface area contributed by atoms with E-state index in [0.717, 1.165) is 23.0 Å². The highest BCUT2D eigenvalue weighted by molar-refractivity contribution is 5.79. The van der Waals surface area contributed by atoms with Crippen LogP contribution in [0.25, 0.3) is 11.0 Å². The van der Waals surface area contributed by atoms with Crippen molar-refractivity contribution in [3.63, 3.8) is 0 Å². The molecule has 0 saturated carbocycles. The van der Waals surface area contributed by atoms with Crippen LogP contribution in [0.15, 0.2) is 30.6 Å². The molecule has 1 aromatic carbocycles. The van der Waals surface area contributed by atoms with Crippen molar-refractivity contribution < 1.29 is 0 Å². The molecule has 0 fully saturated rings. The van der Waals surface area contributed by atoms with E-state index in [-0.39, 0.29) is 0 Å². The van der Waals surface area contributed by atoms with Crippen LogP contribution in [-0.4, -0.2) is 19.3 Å². The first-order valence-corrected chi connectivity index (χ1v) is 6.31. The Kier molecular flexibility index (Phi) is 2.88. The SMILES string of the molecule is Cn1cc(CCn2c(N)nc3ccc(C#N)cc32)cn1. The topological polar surface area (TPSA) is 85.5 Å². The Bertz CT molecular complexity index is 805. The number of fused-ring (bicyclic) bond motifs is 1. The summed E-state index contributed by atoms with van der Waals surface area (Å²) in [6.07, 6.45) is 4.65. The Labute approximate surface area is 116 Å². The maximum Gasteiger partial charge on any atom is 0.201 e. The normalized spacial score (nSPS) is 10.8. The first kappa shape index (κ1) is 12.2. The first-order valence-electron chi connectivity index (χ1n) is 6.31. The Morgan fingerprint density at radius 1 is 1.40 bits per heavy atom. The number of nitriles is 1. The molecule has 2 heterocycles. The lowest BCUT2D eigenvalue weighted by molar-refractivity contribution is 0.723. The Balaban J connectivity index is 1.94. The predicted molar refractivity (Wildman–Crippen MR) is 75.8 cm³/mol. The van der Waals surface area contributed by atoms with E-state index in [1.807, 2.05) is 36.1 Å². The molecule has 0 aliphatic heterocycles. The average Bonchev–Trinajstić information content (AvgIpc) is 2.98. The number of rotatable bonds is 3. The summed E-state index contributed by atoms with van der Waals surface area (Å²) in [6, 6.07) is 7.53. The summed E-state index contributed by atoms with van der Waals surface area (Å²) in [6.45, 7) is 0.711. The van der Waals surface area contributed by atoms with Crippen LogP contribution in [0.2, 0.25) is 0 Å². The lowest BCUT2D eigenvalue weighted by Crippen LogP contribution is -2.05. The van der Waals surface area contributed by atoms with Gasteiger partial charge in [-0.3, -0.25) is 4.68 Å². The van der Waals surface area contributed by atoms with E-state index >= 15 is 0 Å². The molecule has 0 aliphatic carbocycles. The highest BCUT2D eigenvalue weighted by Crippen LogP contribution is 2.19. The van der Waals surface area contributed by atoms with E-state index in [4.69, 9.17) is 11.0 Å². The summed E-state index contributed by atoms with van der Waals surface area (Å²) in [5.74, 6) is 0.471. The summed E-state index contributed by atoms with van der Waals surface area (Å²) in [7, 11) is 1.89. The molecule has 0 aliphatic rings. The fraction of sp³-hybridized carbons (Fsp3) is 0.214.